The van der Waals surface area contributed by atoms with Crippen molar-refractivity contribution in [1.29, 1.82) is 0 Å². The number of rotatable bonds is 8. The summed E-state index contributed by atoms with van der Waals surface area (Å²) in [6, 6.07) is 3.33. The van der Waals surface area contributed by atoms with Crippen molar-refractivity contribution in [2.24, 2.45) is 0 Å². The van der Waals surface area contributed by atoms with Crippen molar-refractivity contribution in [3.8, 4) is 29.6 Å². The summed E-state index contributed by atoms with van der Waals surface area (Å²) < 4.78 is 16.0. The maximum absolute atomic E-state index is 12.3. The third-order valence-corrected chi connectivity index (χ3v) is 3.12. The van der Waals surface area contributed by atoms with E-state index in [-0.39, 0.29) is 18.6 Å². The molecule has 0 heterocycles. The Hall–Kier alpha value is -2.35. The second-order valence-electron chi connectivity index (χ2n) is 4.87. The van der Waals surface area contributed by atoms with Gasteiger partial charge in [-0.05, 0) is 25.5 Å². The quantitative estimate of drug-likeness (QED) is 0.750. The number of ether oxygens (including phenoxy) is 3. The number of nitrogens with one attached hydrogen (secondary N) is 1. The smallest absolute Gasteiger partial charge is 0.251 e. The summed E-state index contributed by atoms with van der Waals surface area (Å²) in [5.41, 5.74) is 0.449. The molecule has 0 spiro atoms. The standard InChI is InChI=1S/C17H23NO4/c1-6-8-12(3)18-17(19)13-10-14(20-4)16(22-9-7-2)15(11-13)21-5/h2,10-12H,6,8-9H2,1,3-5H3,(H,18,19). The molecule has 0 aliphatic heterocycles. The molecule has 0 saturated carbocycles. The molecule has 0 aliphatic carbocycles. The zero-order valence-electron chi connectivity index (χ0n) is 13.6. The van der Waals surface area contributed by atoms with Gasteiger partial charge in [-0.1, -0.05) is 19.3 Å². The second kappa shape index (κ2) is 8.83. The van der Waals surface area contributed by atoms with Crippen molar-refractivity contribution in [2.75, 3.05) is 20.8 Å². The number of benzene rings is 1. The van der Waals surface area contributed by atoms with Gasteiger partial charge < -0.3 is 19.5 Å². The van der Waals surface area contributed by atoms with E-state index < -0.39 is 0 Å². The van der Waals surface area contributed by atoms with Gasteiger partial charge in [-0.2, -0.15) is 0 Å². The number of hydrogen-bond acceptors (Lipinski definition) is 4. The Morgan fingerprint density at radius 3 is 2.36 bits per heavy atom. The normalized spacial score (nSPS) is 11.2. The molecule has 0 saturated heterocycles. The molecule has 0 radical (unpaired) electrons. The number of hydrogen-bond donors (Lipinski definition) is 1. The summed E-state index contributed by atoms with van der Waals surface area (Å²) in [5, 5.41) is 2.94. The first kappa shape index (κ1) is 17.7. The van der Waals surface area contributed by atoms with Crippen molar-refractivity contribution in [3.63, 3.8) is 0 Å². The van der Waals surface area contributed by atoms with Crippen LogP contribution in [0.1, 0.15) is 37.0 Å². The second-order valence-corrected chi connectivity index (χ2v) is 4.87. The monoisotopic (exact) mass is 305 g/mol. The van der Waals surface area contributed by atoms with Crippen LogP contribution in [0.4, 0.5) is 0 Å². The molecule has 0 fully saturated rings. The fourth-order valence-electron chi connectivity index (χ4n) is 2.08. The van der Waals surface area contributed by atoms with Crippen molar-refractivity contribution in [2.45, 2.75) is 32.7 Å². The highest BCUT2D eigenvalue weighted by molar-refractivity contribution is 5.95. The van der Waals surface area contributed by atoms with E-state index in [2.05, 4.69) is 18.2 Å². The van der Waals surface area contributed by atoms with E-state index in [1.807, 2.05) is 6.92 Å². The summed E-state index contributed by atoms with van der Waals surface area (Å²) in [6.45, 7) is 4.14. The lowest BCUT2D eigenvalue weighted by molar-refractivity contribution is 0.0937. The first-order chi connectivity index (χ1) is 10.6. The molecule has 1 aromatic carbocycles. The molecule has 120 valence electrons. The van der Waals surface area contributed by atoms with E-state index in [9.17, 15) is 4.79 Å². The Labute approximate surface area is 131 Å². The highest BCUT2D eigenvalue weighted by atomic mass is 16.5. The van der Waals surface area contributed by atoms with Crippen LogP contribution >= 0.6 is 0 Å². The Morgan fingerprint density at radius 2 is 1.91 bits per heavy atom. The maximum atomic E-state index is 12.3. The zero-order valence-corrected chi connectivity index (χ0v) is 13.6. The van der Waals surface area contributed by atoms with Crippen LogP contribution in [-0.4, -0.2) is 32.8 Å². The lowest BCUT2D eigenvalue weighted by atomic mass is 10.1. The van der Waals surface area contributed by atoms with Gasteiger partial charge in [0.1, 0.15) is 6.61 Å². The summed E-state index contributed by atoms with van der Waals surface area (Å²) in [7, 11) is 3.00. The van der Waals surface area contributed by atoms with Crippen LogP contribution in [0, 0.1) is 12.3 Å². The van der Waals surface area contributed by atoms with Crippen molar-refractivity contribution >= 4 is 5.91 Å². The highest BCUT2D eigenvalue weighted by Gasteiger charge is 2.18. The van der Waals surface area contributed by atoms with E-state index in [4.69, 9.17) is 20.6 Å². The van der Waals surface area contributed by atoms with Gasteiger partial charge in [-0.15, -0.1) is 6.42 Å². The van der Waals surface area contributed by atoms with Gasteiger partial charge in [0, 0.05) is 11.6 Å². The molecule has 1 aromatic rings. The van der Waals surface area contributed by atoms with Gasteiger partial charge in [0.25, 0.3) is 5.91 Å². The predicted octanol–water partition coefficient (Wildman–Crippen LogP) is 2.63. The molecule has 1 unspecified atom stereocenters. The van der Waals surface area contributed by atoms with Crippen molar-refractivity contribution < 1.29 is 19.0 Å². The van der Waals surface area contributed by atoms with Crippen LogP contribution in [0.2, 0.25) is 0 Å². The first-order valence-corrected chi connectivity index (χ1v) is 7.20. The van der Waals surface area contributed by atoms with Crippen LogP contribution < -0.4 is 19.5 Å². The minimum atomic E-state index is -0.180. The summed E-state index contributed by atoms with van der Waals surface area (Å²) in [5.74, 6) is 3.40. The fraction of sp³-hybridized carbons (Fsp3) is 0.471. The average molecular weight is 305 g/mol. The molecule has 22 heavy (non-hydrogen) atoms. The first-order valence-electron chi connectivity index (χ1n) is 7.20. The topological polar surface area (TPSA) is 56.8 Å². The molecular formula is C17H23NO4. The van der Waals surface area contributed by atoms with Crippen molar-refractivity contribution in [1.82, 2.24) is 5.32 Å². The Bertz CT molecular complexity index is 523. The van der Waals surface area contributed by atoms with E-state index in [0.29, 0.717) is 22.8 Å². The van der Waals surface area contributed by atoms with Gasteiger partial charge in [0.2, 0.25) is 5.75 Å². The van der Waals surface area contributed by atoms with Crippen LogP contribution in [0.15, 0.2) is 12.1 Å². The van der Waals surface area contributed by atoms with Crippen LogP contribution in [0.25, 0.3) is 0 Å². The molecule has 1 atom stereocenters. The third-order valence-electron chi connectivity index (χ3n) is 3.12. The Balaban J connectivity index is 3.07. The summed E-state index contributed by atoms with van der Waals surface area (Å²) in [6.07, 6.45) is 7.13. The van der Waals surface area contributed by atoms with Gasteiger partial charge in [0.15, 0.2) is 11.5 Å². The number of terminal acetylenes is 1. The van der Waals surface area contributed by atoms with E-state index >= 15 is 0 Å². The van der Waals surface area contributed by atoms with E-state index in [1.165, 1.54) is 14.2 Å². The molecule has 0 aromatic heterocycles. The zero-order chi connectivity index (χ0) is 16.5. The van der Waals surface area contributed by atoms with Gasteiger partial charge >= 0.3 is 0 Å². The number of carbonyl (C=O) groups is 1. The fourth-order valence-corrected chi connectivity index (χ4v) is 2.08. The molecule has 1 rings (SSSR count). The van der Waals surface area contributed by atoms with Gasteiger partial charge in [-0.25, -0.2) is 0 Å². The van der Waals surface area contributed by atoms with Crippen LogP contribution in [-0.2, 0) is 0 Å². The minimum absolute atomic E-state index is 0.0891. The maximum Gasteiger partial charge on any atom is 0.251 e. The summed E-state index contributed by atoms with van der Waals surface area (Å²) in [4.78, 5) is 12.3. The molecule has 5 heteroatoms. The number of methoxy groups -OCH3 is 2. The lowest BCUT2D eigenvalue weighted by Crippen LogP contribution is -2.32. The van der Waals surface area contributed by atoms with Crippen LogP contribution in [0.5, 0.6) is 17.2 Å². The molecular weight excluding hydrogens is 282 g/mol. The SMILES string of the molecule is C#CCOc1c(OC)cc(C(=O)NC(C)CCC)cc1OC. The molecule has 0 aliphatic rings. The molecule has 1 amide bonds. The van der Waals surface area contributed by atoms with Crippen LogP contribution in [0.3, 0.4) is 0 Å². The van der Waals surface area contributed by atoms with Gasteiger partial charge in [-0.3, -0.25) is 4.79 Å². The lowest BCUT2D eigenvalue weighted by Gasteiger charge is -2.16. The highest BCUT2D eigenvalue weighted by Crippen LogP contribution is 2.38. The molecule has 5 nitrogen and oxygen atoms in total. The van der Waals surface area contributed by atoms with Gasteiger partial charge in [0.05, 0.1) is 14.2 Å². The average Bonchev–Trinajstić information content (AvgIpc) is 2.52. The predicted molar refractivity (Wildman–Crippen MR) is 85.7 cm³/mol. The Morgan fingerprint density at radius 1 is 1.32 bits per heavy atom. The largest absolute Gasteiger partial charge is 0.493 e. The van der Waals surface area contributed by atoms with Crippen molar-refractivity contribution in [3.05, 3.63) is 17.7 Å². The molecule has 1 N–H and O–H groups in total. The minimum Gasteiger partial charge on any atom is -0.493 e. The number of amides is 1. The summed E-state index contributed by atoms with van der Waals surface area (Å²) >= 11 is 0. The van der Waals surface area contributed by atoms with E-state index in [1.54, 1.807) is 12.1 Å². The number of carbonyl (C=O) groups excluding carboxylic acids is 1. The molecule has 0 bridgehead atoms. The third kappa shape index (κ3) is 4.59. The van der Waals surface area contributed by atoms with E-state index in [0.717, 1.165) is 12.8 Å². The Kier molecular flexibility index (Phi) is 7.11.